The summed E-state index contributed by atoms with van der Waals surface area (Å²) in [6.45, 7) is 0. The van der Waals surface area contributed by atoms with Crippen LogP contribution in [0.25, 0.3) is 0 Å². The van der Waals surface area contributed by atoms with Gasteiger partial charge in [0, 0.05) is 5.56 Å². The fraction of sp³-hybridized carbons (Fsp3) is 0.182. The monoisotopic (exact) mass is 224 g/mol. The lowest BCUT2D eigenvalue weighted by Crippen LogP contribution is -2.02. The molecule has 0 aliphatic heterocycles. The molecule has 15 heavy (non-hydrogen) atoms. The van der Waals surface area contributed by atoms with Gasteiger partial charge in [-0.1, -0.05) is 11.8 Å². The summed E-state index contributed by atoms with van der Waals surface area (Å²) in [7, 11) is 1.24. The van der Waals surface area contributed by atoms with Crippen molar-refractivity contribution in [2.45, 2.75) is 0 Å². The quantitative estimate of drug-likeness (QED) is 0.448. The number of carbonyl (C=O) groups excluding carboxylic acids is 1. The lowest BCUT2D eigenvalue weighted by atomic mass is 10.1. The number of methoxy groups -OCH3 is 1. The molecule has 0 aliphatic rings. The van der Waals surface area contributed by atoms with Crippen LogP contribution in [0, 0.1) is 17.7 Å². The molecule has 2 nitrogen and oxygen atoms in total. The average Bonchev–Trinajstić information content (AvgIpc) is 2.24. The van der Waals surface area contributed by atoms with E-state index >= 15 is 0 Å². The fourth-order valence-corrected chi connectivity index (χ4v) is 1.12. The molecule has 0 fully saturated rings. The summed E-state index contributed by atoms with van der Waals surface area (Å²) in [5.74, 6) is 4.64. The number of hydrogen-bond donors (Lipinski definition) is 1. The van der Waals surface area contributed by atoms with Gasteiger partial charge in [-0.05, 0) is 18.2 Å². The minimum Gasteiger partial charge on any atom is -0.465 e. The van der Waals surface area contributed by atoms with Gasteiger partial charge in [0.25, 0.3) is 0 Å². The van der Waals surface area contributed by atoms with E-state index in [2.05, 4.69) is 29.2 Å². The Morgan fingerprint density at radius 2 is 2.27 bits per heavy atom. The highest BCUT2D eigenvalue weighted by Crippen LogP contribution is 2.09. The van der Waals surface area contributed by atoms with Crippen molar-refractivity contribution in [1.29, 1.82) is 0 Å². The molecule has 4 heteroatoms. The van der Waals surface area contributed by atoms with E-state index in [1.165, 1.54) is 19.2 Å². The van der Waals surface area contributed by atoms with Gasteiger partial charge in [0.1, 0.15) is 5.82 Å². The molecular formula is C11H9FO2S. The van der Waals surface area contributed by atoms with Gasteiger partial charge in [0.15, 0.2) is 0 Å². The van der Waals surface area contributed by atoms with E-state index in [1.54, 1.807) is 0 Å². The molecule has 0 atom stereocenters. The molecule has 1 aromatic rings. The summed E-state index contributed by atoms with van der Waals surface area (Å²) in [6.07, 6.45) is 0. The molecule has 0 unspecified atom stereocenters. The summed E-state index contributed by atoms with van der Waals surface area (Å²) in [6, 6.07) is 3.84. The van der Waals surface area contributed by atoms with Crippen LogP contribution in [0.2, 0.25) is 0 Å². The van der Waals surface area contributed by atoms with Crippen molar-refractivity contribution >= 4 is 18.6 Å². The second-order valence-corrected chi connectivity index (χ2v) is 3.00. The molecule has 0 saturated heterocycles. The molecule has 0 bridgehead atoms. The highest BCUT2D eigenvalue weighted by atomic mass is 32.1. The minimum absolute atomic E-state index is 0.154. The number of benzene rings is 1. The van der Waals surface area contributed by atoms with Crippen molar-refractivity contribution in [1.82, 2.24) is 0 Å². The summed E-state index contributed by atoms with van der Waals surface area (Å²) in [5.41, 5.74) is 0.588. The number of thiol groups is 1. The molecular weight excluding hydrogens is 215 g/mol. The molecule has 0 radical (unpaired) electrons. The van der Waals surface area contributed by atoms with Crippen molar-refractivity contribution < 1.29 is 13.9 Å². The molecule has 0 amide bonds. The van der Waals surface area contributed by atoms with Gasteiger partial charge in [-0.25, -0.2) is 9.18 Å². The first-order chi connectivity index (χ1) is 7.17. The average molecular weight is 224 g/mol. The predicted molar refractivity (Wildman–Crippen MR) is 58.5 cm³/mol. The second kappa shape index (κ2) is 5.42. The van der Waals surface area contributed by atoms with Gasteiger partial charge in [-0.3, -0.25) is 0 Å². The van der Waals surface area contributed by atoms with Crippen molar-refractivity contribution in [3.05, 3.63) is 35.1 Å². The highest BCUT2D eigenvalue weighted by Gasteiger charge is 2.07. The molecule has 1 aromatic carbocycles. The second-order valence-electron chi connectivity index (χ2n) is 2.68. The number of carbonyl (C=O) groups is 1. The molecule has 1 rings (SSSR count). The largest absolute Gasteiger partial charge is 0.465 e. The molecule has 0 heterocycles. The lowest BCUT2D eigenvalue weighted by Gasteiger charge is -2.00. The Kier molecular flexibility index (Phi) is 4.19. The number of hydrogen-bond acceptors (Lipinski definition) is 3. The van der Waals surface area contributed by atoms with Crippen LogP contribution in [0.1, 0.15) is 15.9 Å². The molecule has 0 saturated carbocycles. The summed E-state index contributed by atoms with van der Waals surface area (Å²) >= 11 is 3.90. The van der Waals surface area contributed by atoms with Gasteiger partial charge < -0.3 is 4.74 Å². The van der Waals surface area contributed by atoms with E-state index < -0.39 is 11.8 Å². The first kappa shape index (κ1) is 11.6. The molecule has 0 spiro atoms. The Labute approximate surface area is 92.9 Å². The molecule has 0 N–H and O–H groups in total. The van der Waals surface area contributed by atoms with Crippen LogP contribution in [-0.2, 0) is 4.74 Å². The van der Waals surface area contributed by atoms with Crippen LogP contribution >= 0.6 is 12.6 Å². The predicted octanol–water partition coefficient (Wildman–Crippen LogP) is 1.89. The Morgan fingerprint density at radius 1 is 1.53 bits per heavy atom. The standard InChI is InChI=1S/C11H9FO2S/c1-14-11(13)9-5-8(3-2-4-15)6-10(12)7-9/h5-7,15H,4H2,1H3. The Bertz CT molecular complexity index is 432. The zero-order valence-corrected chi connectivity index (χ0v) is 8.98. The third-order valence-corrected chi connectivity index (χ3v) is 1.79. The van der Waals surface area contributed by atoms with Crippen molar-refractivity contribution in [3.8, 4) is 11.8 Å². The van der Waals surface area contributed by atoms with Crippen molar-refractivity contribution in [2.24, 2.45) is 0 Å². The van der Waals surface area contributed by atoms with Crippen LogP contribution in [0.3, 0.4) is 0 Å². The van der Waals surface area contributed by atoms with E-state index in [0.29, 0.717) is 11.3 Å². The number of ether oxygens (including phenoxy) is 1. The summed E-state index contributed by atoms with van der Waals surface area (Å²) in [5, 5.41) is 0. The highest BCUT2D eigenvalue weighted by molar-refractivity contribution is 7.80. The van der Waals surface area contributed by atoms with Gasteiger partial charge >= 0.3 is 5.97 Å². The number of halogens is 1. The van der Waals surface area contributed by atoms with Gasteiger partial charge in [0.2, 0.25) is 0 Å². The first-order valence-corrected chi connectivity index (χ1v) is 4.79. The molecule has 78 valence electrons. The smallest absolute Gasteiger partial charge is 0.337 e. The van der Waals surface area contributed by atoms with E-state index in [9.17, 15) is 9.18 Å². The number of esters is 1. The van der Waals surface area contributed by atoms with Gasteiger partial charge in [-0.2, -0.15) is 12.6 Å². The maximum Gasteiger partial charge on any atom is 0.337 e. The molecule has 0 aliphatic carbocycles. The van der Waals surface area contributed by atoms with Crippen LogP contribution < -0.4 is 0 Å². The number of rotatable bonds is 1. The Balaban J connectivity index is 3.10. The maximum absolute atomic E-state index is 13.1. The Morgan fingerprint density at radius 3 is 2.87 bits per heavy atom. The van der Waals surface area contributed by atoms with Crippen LogP contribution in [0.4, 0.5) is 4.39 Å². The SMILES string of the molecule is COC(=O)c1cc(F)cc(C#CCS)c1. The van der Waals surface area contributed by atoms with E-state index in [-0.39, 0.29) is 5.56 Å². The van der Waals surface area contributed by atoms with E-state index in [0.717, 1.165) is 6.07 Å². The maximum atomic E-state index is 13.1. The van der Waals surface area contributed by atoms with E-state index in [1.807, 2.05) is 0 Å². The van der Waals surface area contributed by atoms with Crippen LogP contribution in [0.15, 0.2) is 18.2 Å². The third kappa shape index (κ3) is 3.30. The van der Waals surface area contributed by atoms with Crippen molar-refractivity contribution in [3.63, 3.8) is 0 Å². The molecule has 0 aromatic heterocycles. The van der Waals surface area contributed by atoms with Gasteiger partial charge in [0.05, 0.1) is 18.4 Å². The normalized spacial score (nSPS) is 9.00. The fourth-order valence-electron chi connectivity index (χ4n) is 1.04. The summed E-state index contributed by atoms with van der Waals surface area (Å²) < 4.78 is 17.5. The zero-order chi connectivity index (χ0) is 11.3. The zero-order valence-electron chi connectivity index (χ0n) is 8.08. The first-order valence-electron chi connectivity index (χ1n) is 4.16. The van der Waals surface area contributed by atoms with E-state index in [4.69, 9.17) is 0 Å². The van der Waals surface area contributed by atoms with Crippen LogP contribution in [0.5, 0.6) is 0 Å². The lowest BCUT2D eigenvalue weighted by molar-refractivity contribution is 0.0600. The van der Waals surface area contributed by atoms with Crippen molar-refractivity contribution in [2.75, 3.05) is 12.9 Å². The minimum atomic E-state index is -0.580. The van der Waals surface area contributed by atoms with Gasteiger partial charge in [-0.15, -0.1) is 0 Å². The Hall–Kier alpha value is -1.47. The third-order valence-electron chi connectivity index (χ3n) is 1.63. The summed E-state index contributed by atoms with van der Waals surface area (Å²) in [4.78, 5) is 11.1. The topological polar surface area (TPSA) is 26.3 Å². The van der Waals surface area contributed by atoms with Crippen LogP contribution in [-0.4, -0.2) is 18.8 Å².